The molecule has 4 nitrogen and oxygen atoms in total. The molecule has 0 radical (unpaired) electrons. The summed E-state index contributed by atoms with van der Waals surface area (Å²) in [5, 5.41) is 6.39. The van der Waals surface area contributed by atoms with Crippen molar-refractivity contribution in [3.8, 4) is 0 Å². The number of nitrogens with zero attached hydrogens (tertiary/aromatic N) is 1. The Bertz CT molecular complexity index is 616. The van der Waals surface area contributed by atoms with Gasteiger partial charge in [-0.2, -0.15) is 0 Å². The summed E-state index contributed by atoms with van der Waals surface area (Å²) in [5.74, 6) is 0.00259. The molecule has 27 heavy (non-hydrogen) atoms. The lowest BCUT2D eigenvalue weighted by molar-refractivity contribution is 0.0940. The van der Waals surface area contributed by atoms with Crippen LogP contribution in [0.1, 0.15) is 55.3 Å². The lowest BCUT2D eigenvalue weighted by Gasteiger charge is -2.23. The second-order valence-corrected chi connectivity index (χ2v) is 7.59. The van der Waals surface area contributed by atoms with Crippen molar-refractivity contribution in [2.24, 2.45) is 0 Å². The second kappa shape index (κ2) is 10.9. The molecule has 1 aromatic rings. The highest BCUT2D eigenvalue weighted by atomic mass is 16.1. The number of carbonyl (C=O) groups is 1. The van der Waals surface area contributed by atoms with Gasteiger partial charge >= 0.3 is 0 Å². The van der Waals surface area contributed by atoms with Crippen molar-refractivity contribution in [3.05, 3.63) is 54.1 Å². The first-order valence-electron chi connectivity index (χ1n) is 10.5. The maximum absolute atomic E-state index is 12.5. The van der Waals surface area contributed by atoms with Gasteiger partial charge in [-0.3, -0.25) is 4.79 Å². The quantitative estimate of drug-likeness (QED) is 0.847. The summed E-state index contributed by atoms with van der Waals surface area (Å²) >= 11 is 0. The fourth-order valence-electron chi connectivity index (χ4n) is 3.83. The molecule has 146 valence electrons. The Labute approximate surface area is 163 Å². The smallest absolute Gasteiger partial charge is 0.251 e. The molecule has 2 heterocycles. The van der Waals surface area contributed by atoms with Gasteiger partial charge in [0.25, 0.3) is 5.91 Å². The molecular formula is C23H33N3O. The van der Waals surface area contributed by atoms with Crippen LogP contribution in [0.15, 0.2) is 48.5 Å². The molecule has 2 N–H and O–H groups in total. The lowest BCUT2D eigenvalue weighted by Crippen LogP contribution is -2.36. The van der Waals surface area contributed by atoms with Crippen LogP contribution < -0.4 is 15.5 Å². The topological polar surface area (TPSA) is 44.4 Å². The van der Waals surface area contributed by atoms with Gasteiger partial charge < -0.3 is 15.5 Å². The van der Waals surface area contributed by atoms with Crippen molar-refractivity contribution in [3.63, 3.8) is 0 Å². The molecule has 3 rings (SSSR count). The Kier molecular flexibility index (Phi) is 7.97. The summed E-state index contributed by atoms with van der Waals surface area (Å²) in [4.78, 5) is 15.0. The maximum Gasteiger partial charge on any atom is 0.251 e. The SMILES string of the molecule is O=C(N[C@@H]1CCNC1)c1ccccc(N2CCCCCCCC2)cccc1. The van der Waals surface area contributed by atoms with Gasteiger partial charge in [0.05, 0.1) is 0 Å². The molecule has 0 unspecified atom stereocenters. The van der Waals surface area contributed by atoms with Crippen LogP contribution in [-0.2, 0) is 0 Å². The molecule has 4 heteroatoms. The molecule has 0 aromatic heterocycles. The van der Waals surface area contributed by atoms with Gasteiger partial charge in [-0.25, -0.2) is 0 Å². The van der Waals surface area contributed by atoms with Crippen molar-refractivity contribution in [2.75, 3.05) is 31.1 Å². The zero-order valence-electron chi connectivity index (χ0n) is 16.3. The van der Waals surface area contributed by atoms with Crippen LogP contribution >= 0.6 is 0 Å². The van der Waals surface area contributed by atoms with Crippen LogP contribution in [0.2, 0.25) is 0 Å². The van der Waals surface area contributed by atoms with E-state index in [-0.39, 0.29) is 11.9 Å². The van der Waals surface area contributed by atoms with Gasteiger partial charge in [-0.15, -0.1) is 0 Å². The highest BCUT2D eigenvalue weighted by Crippen LogP contribution is 2.17. The Hall–Kier alpha value is -2.07. The van der Waals surface area contributed by atoms with Gasteiger partial charge in [0.1, 0.15) is 0 Å². The number of amides is 1. The number of anilines is 1. The van der Waals surface area contributed by atoms with E-state index in [0.29, 0.717) is 5.56 Å². The van der Waals surface area contributed by atoms with Crippen LogP contribution in [0.4, 0.5) is 5.69 Å². The minimum absolute atomic E-state index is 0.00259. The van der Waals surface area contributed by atoms with Crippen LogP contribution in [0.25, 0.3) is 0 Å². The summed E-state index contributed by atoms with van der Waals surface area (Å²) in [5.41, 5.74) is 1.96. The van der Waals surface area contributed by atoms with Gasteiger partial charge in [-0.1, -0.05) is 49.9 Å². The highest BCUT2D eigenvalue weighted by Gasteiger charge is 2.16. The van der Waals surface area contributed by atoms with Gasteiger partial charge in [0, 0.05) is 36.9 Å². The van der Waals surface area contributed by atoms with Crippen molar-refractivity contribution in [1.82, 2.24) is 10.6 Å². The molecule has 1 atom stereocenters. The van der Waals surface area contributed by atoms with E-state index in [2.05, 4.69) is 39.8 Å². The number of hydrogen-bond donors (Lipinski definition) is 2. The van der Waals surface area contributed by atoms with Crippen molar-refractivity contribution in [2.45, 2.75) is 51.0 Å². The Morgan fingerprint density at radius 3 is 2.07 bits per heavy atom. The first-order valence-corrected chi connectivity index (χ1v) is 10.5. The summed E-state index contributed by atoms with van der Waals surface area (Å²) in [6.07, 6.45) is 8.95. The molecule has 1 amide bonds. The average molecular weight is 368 g/mol. The predicted octanol–water partition coefficient (Wildman–Crippen LogP) is 4.06. The van der Waals surface area contributed by atoms with E-state index in [9.17, 15) is 4.79 Å². The molecule has 2 fully saturated rings. The van der Waals surface area contributed by atoms with Crippen molar-refractivity contribution in [1.29, 1.82) is 0 Å². The zero-order chi connectivity index (χ0) is 18.7. The molecule has 2 aliphatic rings. The number of nitrogens with one attached hydrogen (secondary N) is 2. The van der Waals surface area contributed by atoms with Crippen molar-refractivity contribution < 1.29 is 4.79 Å². The molecule has 2 saturated heterocycles. The molecule has 0 spiro atoms. The van der Waals surface area contributed by atoms with E-state index >= 15 is 0 Å². The lowest BCUT2D eigenvalue weighted by atomic mass is 10.1. The van der Waals surface area contributed by atoms with Crippen LogP contribution in [0.3, 0.4) is 0 Å². The van der Waals surface area contributed by atoms with E-state index < -0.39 is 0 Å². The van der Waals surface area contributed by atoms with E-state index in [0.717, 1.165) is 32.6 Å². The van der Waals surface area contributed by atoms with Gasteiger partial charge in [0.15, 0.2) is 0 Å². The van der Waals surface area contributed by atoms with E-state index in [1.807, 2.05) is 24.3 Å². The van der Waals surface area contributed by atoms with Gasteiger partial charge in [-0.05, 0) is 50.1 Å². The number of rotatable bonds is 3. The first kappa shape index (κ1) is 19.7. The maximum atomic E-state index is 12.5. The molecular weight excluding hydrogens is 334 g/mol. The third-order valence-corrected chi connectivity index (χ3v) is 5.44. The molecule has 2 aliphatic heterocycles. The average Bonchev–Trinajstić information content (AvgIpc) is 3.22. The Balaban J connectivity index is 1.71. The monoisotopic (exact) mass is 367 g/mol. The number of hydrogen-bond acceptors (Lipinski definition) is 3. The fourth-order valence-corrected chi connectivity index (χ4v) is 3.83. The fraction of sp³-hybridized carbons (Fsp3) is 0.522. The largest absolute Gasteiger partial charge is 0.372 e. The standard InChI is InChI=1S/C23H33N3O/c27-23(25-21-15-16-24-19-21)20-11-5-7-13-22(14-8-6-12-20)26-17-9-3-1-2-4-10-18-26/h5-8,11-14,21,24H,1-4,9-10,15-19H2,(H,25,27)/t21-/m1/s1. The third-order valence-electron chi connectivity index (χ3n) is 5.44. The zero-order valence-corrected chi connectivity index (χ0v) is 16.3. The molecule has 0 bridgehead atoms. The third kappa shape index (κ3) is 6.55. The molecule has 0 aliphatic carbocycles. The van der Waals surface area contributed by atoms with Gasteiger partial charge in [0.2, 0.25) is 0 Å². The minimum atomic E-state index is 0.00259. The van der Waals surface area contributed by atoms with Crippen LogP contribution in [0.5, 0.6) is 0 Å². The van der Waals surface area contributed by atoms with Crippen molar-refractivity contribution >= 4 is 11.6 Å². The van der Waals surface area contributed by atoms with E-state index in [1.54, 1.807) is 0 Å². The van der Waals surface area contributed by atoms with E-state index in [1.165, 1.54) is 44.2 Å². The second-order valence-electron chi connectivity index (χ2n) is 7.59. The van der Waals surface area contributed by atoms with Crippen LogP contribution in [-0.4, -0.2) is 38.1 Å². The van der Waals surface area contributed by atoms with Crippen LogP contribution in [0, 0.1) is 0 Å². The normalized spacial score (nSPS) is 20.7. The molecule has 0 saturated carbocycles. The summed E-state index contributed by atoms with van der Waals surface area (Å²) in [6.45, 7) is 4.10. The Morgan fingerprint density at radius 2 is 1.48 bits per heavy atom. The first-order chi connectivity index (χ1) is 13.3. The summed E-state index contributed by atoms with van der Waals surface area (Å²) in [7, 11) is 0. The number of carbonyl (C=O) groups excluding carboxylic acids is 1. The molecule has 1 aromatic carbocycles. The summed E-state index contributed by atoms with van der Waals surface area (Å²) < 4.78 is 0. The highest BCUT2D eigenvalue weighted by molar-refractivity contribution is 5.94. The van der Waals surface area contributed by atoms with E-state index in [4.69, 9.17) is 0 Å². The predicted molar refractivity (Wildman–Crippen MR) is 113 cm³/mol. The summed E-state index contributed by atoms with van der Waals surface area (Å²) in [6, 6.07) is 16.4. The minimum Gasteiger partial charge on any atom is -0.372 e. The Morgan fingerprint density at radius 1 is 0.889 bits per heavy atom.